The van der Waals surface area contributed by atoms with Crippen LogP contribution >= 0.6 is 0 Å². The van der Waals surface area contributed by atoms with Crippen LogP contribution in [0.2, 0.25) is 0 Å². The molecule has 0 atom stereocenters. The van der Waals surface area contributed by atoms with Crippen molar-refractivity contribution in [2.24, 2.45) is 0 Å². The van der Waals surface area contributed by atoms with Gasteiger partial charge in [-0.25, -0.2) is 12.8 Å². The Morgan fingerprint density at radius 2 is 2.06 bits per heavy atom. The third kappa shape index (κ3) is 5.82. The van der Waals surface area contributed by atoms with Crippen molar-refractivity contribution < 1.29 is 12.8 Å². The van der Waals surface area contributed by atoms with Crippen molar-refractivity contribution in [1.82, 2.24) is 5.32 Å². The predicted molar refractivity (Wildman–Crippen MR) is 62.7 cm³/mol. The lowest BCUT2D eigenvalue weighted by Crippen LogP contribution is -2.24. The van der Waals surface area contributed by atoms with Crippen LogP contribution in [0, 0.1) is 5.82 Å². The van der Waals surface area contributed by atoms with Gasteiger partial charge in [-0.3, -0.25) is 0 Å². The summed E-state index contributed by atoms with van der Waals surface area (Å²) in [5.41, 5.74) is 0.909. The highest BCUT2D eigenvalue weighted by Gasteiger charge is 2.00. The lowest BCUT2D eigenvalue weighted by atomic mass is 10.1. The van der Waals surface area contributed by atoms with Gasteiger partial charge in [0.05, 0.1) is 5.75 Å². The Bertz CT molecular complexity index is 431. The second-order valence-corrected chi connectivity index (χ2v) is 6.02. The van der Waals surface area contributed by atoms with E-state index in [4.69, 9.17) is 0 Å². The molecule has 16 heavy (non-hydrogen) atoms. The lowest BCUT2D eigenvalue weighted by Gasteiger charge is -2.04. The molecule has 1 aromatic carbocycles. The molecule has 1 N–H and O–H groups in total. The molecule has 1 aromatic rings. The Hall–Kier alpha value is -0.940. The van der Waals surface area contributed by atoms with E-state index in [0.717, 1.165) is 5.56 Å². The van der Waals surface area contributed by atoms with Gasteiger partial charge in [0.15, 0.2) is 0 Å². The summed E-state index contributed by atoms with van der Waals surface area (Å²) < 4.78 is 34.4. The minimum atomic E-state index is -2.90. The third-order valence-electron chi connectivity index (χ3n) is 2.13. The van der Waals surface area contributed by atoms with E-state index < -0.39 is 9.84 Å². The molecule has 0 aromatic heterocycles. The van der Waals surface area contributed by atoms with Crippen molar-refractivity contribution in [3.8, 4) is 0 Å². The summed E-state index contributed by atoms with van der Waals surface area (Å²) in [6.07, 6.45) is 1.91. The Morgan fingerprint density at radius 3 is 2.69 bits per heavy atom. The van der Waals surface area contributed by atoms with E-state index in [1.165, 1.54) is 18.4 Å². The molecule has 0 aliphatic carbocycles. The van der Waals surface area contributed by atoms with Gasteiger partial charge in [-0.15, -0.1) is 0 Å². The number of hydrogen-bond donors (Lipinski definition) is 1. The third-order valence-corrected chi connectivity index (χ3v) is 3.07. The molecule has 0 aliphatic rings. The largest absolute Gasteiger partial charge is 0.315 e. The van der Waals surface area contributed by atoms with Gasteiger partial charge in [0.2, 0.25) is 0 Å². The molecule has 0 fully saturated rings. The number of halogens is 1. The van der Waals surface area contributed by atoms with Crippen LogP contribution in [0.25, 0.3) is 0 Å². The van der Waals surface area contributed by atoms with Crippen LogP contribution in [0.1, 0.15) is 5.56 Å². The normalized spacial score (nSPS) is 11.6. The minimum absolute atomic E-state index is 0.135. The number of rotatable bonds is 6. The minimum Gasteiger partial charge on any atom is -0.315 e. The summed E-state index contributed by atoms with van der Waals surface area (Å²) in [4.78, 5) is 0. The predicted octanol–water partition coefficient (Wildman–Crippen LogP) is 1.00. The molecule has 3 nitrogen and oxygen atoms in total. The van der Waals surface area contributed by atoms with E-state index in [9.17, 15) is 12.8 Å². The average Bonchev–Trinajstić information content (AvgIpc) is 2.15. The summed E-state index contributed by atoms with van der Waals surface area (Å²) in [5, 5.41) is 3.01. The van der Waals surface area contributed by atoms with Gasteiger partial charge >= 0.3 is 0 Å². The number of hydrogen-bond acceptors (Lipinski definition) is 3. The fourth-order valence-corrected chi connectivity index (χ4v) is 1.82. The Balaban J connectivity index is 2.21. The zero-order chi connectivity index (χ0) is 12.0. The van der Waals surface area contributed by atoms with Gasteiger partial charge < -0.3 is 5.32 Å². The number of sulfone groups is 1. The monoisotopic (exact) mass is 245 g/mol. The molecule has 0 amide bonds. The SMILES string of the molecule is CS(=O)(=O)CCNCCc1cccc(F)c1. The Kier molecular flexibility index (Phi) is 4.89. The highest BCUT2D eigenvalue weighted by molar-refractivity contribution is 7.90. The molecular formula is C11H16FNO2S. The molecule has 0 spiro atoms. The van der Waals surface area contributed by atoms with E-state index in [1.807, 2.05) is 6.07 Å². The first kappa shape index (κ1) is 13.1. The highest BCUT2D eigenvalue weighted by Crippen LogP contribution is 2.03. The van der Waals surface area contributed by atoms with Crippen molar-refractivity contribution in [3.05, 3.63) is 35.6 Å². The van der Waals surface area contributed by atoms with Crippen LogP contribution in [-0.4, -0.2) is 33.5 Å². The molecule has 0 radical (unpaired) electrons. The summed E-state index contributed by atoms with van der Waals surface area (Å²) in [5.74, 6) is -0.107. The smallest absolute Gasteiger partial charge is 0.148 e. The summed E-state index contributed by atoms with van der Waals surface area (Å²) >= 11 is 0. The maximum Gasteiger partial charge on any atom is 0.148 e. The van der Waals surface area contributed by atoms with Crippen LogP contribution in [0.4, 0.5) is 4.39 Å². The number of nitrogens with one attached hydrogen (secondary N) is 1. The standard InChI is InChI=1S/C11H16FNO2S/c1-16(14,15)8-7-13-6-5-10-3-2-4-11(12)9-10/h2-4,9,13H,5-8H2,1H3. The van der Waals surface area contributed by atoms with Gasteiger partial charge in [-0.1, -0.05) is 12.1 Å². The van der Waals surface area contributed by atoms with E-state index in [1.54, 1.807) is 6.07 Å². The molecule has 5 heteroatoms. The van der Waals surface area contributed by atoms with Crippen LogP contribution in [0.3, 0.4) is 0 Å². The summed E-state index contributed by atoms with van der Waals surface area (Å²) in [6.45, 7) is 1.09. The average molecular weight is 245 g/mol. The van der Waals surface area contributed by atoms with Crippen molar-refractivity contribution in [1.29, 1.82) is 0 Å². The molecule has 0 heterocycles. The van der Waals surface area contributed by atoms with E-state index in [0.29, 0.717) is 19.5 Å². The zero-order valence-electron chi connectivity index (χ0n) is 9.24. The first-order chi connectivity index (χ1) is 7.47. The van der Waals surface area contributed by atoms with Crippen molar-refractivity contribution in [2.75, 3.05) is 25.1 Å². The fraction of sp³-hybridized carbons (Fsp3) is 0.455. The quantitative estimate of drug-likeness (QED) is 0.761. The van der Waals surface area contributed by atoms with Crippen LogP contribution in [0.5, 0.6) is 0 Å². The van der Waals surface area contributed by atoms with Gasteiger partial charge in [0.1, 0.15) is 15.7 Å². The van der Waals surface area contributed by atoms with E-state index >= 15 is 0 Å². The Labute approximate surface area is 95.6 Å². The van der Waals surface area contributed by atoms with Gasteiger partial charge in [-0.05, 0) is 30.7 Å². The fourth-order valence-electron chi connectivity index (χ4n) is 1.31. The molecule has 0 saturated carbocycles. The van der Waals surface area contributed by atoms with Gasteiger partial charge in [-0.2, -0.15) is 0 Å². The molecule has 90 valence electrons. The first-order valence-electron chi connectivity index (χ1n) is 5.10. The van der Waals surface area contributed by atoms with Crippen molar-refractivity contribution >= 4 is 9.84 Å². The second kappa shape index (κ2) is 5.96. The first-order valence-corrected chi connectivity index (χ1v) is 7.16. The number of benzene rings is 1. The lowest BCUT2D eigenvalue weighted by molar-refractivity contribution is 0.596. The van der Waals surface area contributed by atoms with Crippen molar-refractivity contribution in [3.63, 3.8) is 0 Å². The van der Waals surface area contributed by atoms with Gasteiger partial charge in [0.25, 0.3) is 0 Å². The maximum atomic E-state index is 12.8. The topological polar surface area (TPSA) is 46.2 Å². The molecular weight excluding hydrogens is 229 g/mol. The zero-order valence-corrected chi connectivity index (χ0v) is 10.1. The molecule has 1 rings (SSSR count). The molecule has 0 saturated heterocycles. The summed E-state index contributed by atoms with van der Waals surface area (Å²) in [6, 6.07) is 6.40. The van der Waals surface area contributed by atoms with Crippen molar-refractivity contribution in [2.45, 2.75) is 6.42 Å². The van der Waals surface area contributed by atoms with E-state index in [2.05, 4.69) is 5.32 Å². The summed E-state index contributed by atoms with van der Waals surface area (Å²) in [7, 11) is -2.90. The van der Waals surface area contributed by atoms with E-state index in [-0.39, 0.29) is 11.6 Å². The highest BCUT2D eigenvalue weighted by atomic mass is 32.2. The van der Waals surface area contributed by atoms with Gasteiger partial charge in [0, 0.05) is 12.8 Å². The molecule has 0 unspecified atom stereocenters. The molecule has 0 bridgehead atoms. The van der Waals surface area contributed by atoms with Crippen LogP contribution < -0.4 is 5.32 Å². The second-order valence-electron chi connectivity index (χ2n) is 3.76. The maximum absolute atomic E-state index is 12.8. The van der Waals surface area contributed by atoms with Crippen LogP contribution in [-0.2, 0) is 16.3 Å². The Morgan fingerprint density at radius 1 is 1.31 bits per heavy atom. The molecule has 0 aliphatic heterocycles. The van der Waals surface area contributed by atoms with Crippen LogP contribution in [0.15, 0.2) is 24.3 Å².